The summed E-state index contributed by atoms with van der Waals surface area (Å²) < 4.78 is 128. The third-order valence-corrected chi connectivity index (χ3v) is 24.6. The van der Waals surface area contributed by atoms with Crippen molar-refractivity contribution in [2.75, 3.05) is 0 Å². The smallest absolute Gasteiger partial charge is 0.254 e. The average Bonchev–Trinajstić information content (AvgIpc) is 3.05. The molecule has 3 aromatic carbocycles. The van der Waals surface area contributed by atoms with Crippen LogP contribution in [0.3, 0.4) is 0 Å². The minimum Gasteiger partial charge on any atom is -0.539 e. The van der Waals surface area contributed by atoms with E-state index in [-0.39, 0.29) is 11.6 Å². The fourth-order valence-electron chi connectivity index (χ4n) is 8.81. The van der Waals surface area contributed by atoms with Crippen molar-refractivity contribution < 1.29 is 39.5 Å². The molecular formula is C40H58F8OSi2. The topological polar surface area (TPSA) is 9.23 Å². The number of rotatable bonds is 20. The number of hydrogen-bond donors (Lipinski definition) is 0. The van der Waals surface area contributed by atoms with E-state index in [0.717, 1.165) is 68.0 Å². The summed E-state index contributed by atoms with van der Waals surface area (Å²) in [6.07, 6.45) is 9.47. The highest BCUT2D eigenvalue weighted by Gasteiger charge is 2.43. The first kappa shape index (κ1) is 43.3. The predicted molar refractivity (Wildman–Crippen MR) is 200 cm³/mol. The number of benzene rings is 3. The van der Waals surface area contributed by atoms with E-state index in [1.165, 1.54) is 12.5 Å². The lowest BCUT2D eigenvalue weighted by Crippen LogP contribution is -2.45. The van der Waals surface area contributed by atoms with Crippen LogP contribution in [0.1, 0.15) is 127 Å². The van der Waals surface area contributed by atoms with Crippen molar-refractivity contribution in [2.24, 2.45) is 0 Å². The van der Waals surface area contributed by atoms with Crippen molar-refractivity contribution in [3.05, 3.63) is 52.6 Å². The molecule has 0 radical (unpaired) electrons. The van der Waals surface area contributed by atoms with Crippen LogP contribution in [0.4, 0.5) is 35.1 Å². The minimum absolute atomic E-state index is 0.0340. The van der Waals surface area contributed by atoms with Gasteiger partial charge in [0.1, 0.15) is 17.5 Å². The molecule has 3 rings (SSSR count). The predicted octanol–water partition coefficient (Wildman–Crippen LogP) is 15.4. The quantitative estimate of drug-likeness (QED) is 0.0366. The zero-order chi connectivity index (χ0) is 38.4. The summed E-state index contributed by atoms with van der Waals surface area (Å²) in [6.45, 7) is 20.1. The van der Waals surface area contributed by atoms with E-state index < -0.39 is 90.2 Å². The maximum atomic E-state index is 16.2. The highest BCUT2D eigenvalue weighted by molar-refractivity contribution is 6.83. The van der Waals surface area contributed by atoms with Crippen molar-refractivity contribution in [1.82, 2.24) is 0 Å². The first-order chi connectivity index (χ1) is 23.9. The van der Waals surface area contributed by atoms with Crippen LogP contribution in [-0.4, -0.2) is 16.4 Å². The van der Waals surface area contributed by atoms with Crippen LogP contribution >= 0.6 is 0 Å². The third kappa shape index (κ3) is 8.81. The largest absolute Gasteiger partial charge is 0.539 e. The maximum absolute atomic E-state index is 16.2. The molecule has 0 bridgehead atoms. The molecule has 0 amide bonds. The minimum atomic E-state index is -3.14. The summed E-state index contributed by atoms with van der Waals surface area (Å²) in [5.74, 6) is -16.2. The van der Waals surface area contributed by atoms with Gasteiger partial charge < -0.3 is 4.43 Å². The summed E-state index contributed by atoms with van der Waals surface area (Å²) in [5.41, 5.74) is 1.97. The van der Waals surface area contributed by atoms with Crippen molar-refractivity contribution in [3.63, 3.8) is 0 Å². The van der Waals surface area contributed by atoms with Gasteiger partial charge in [-0.25, -0.2) is 30.7 Å². The number of unbranched alkanes of at least 4 members (excludes halogenated alkanes) is 8. The molecule has 0 aliphatic carbocycles. The molecule has 1 unspecified atom stereocenters. The second kappa shape index (κ2) is 18.3. The number of halogens is 8. The first-order valence-electron chi connectivity index (χ1n) is 19.0. The molecular weight excluding hydrogens is 705 g/mol. The Labute approximate surface area is 302 Å². The molecule has 3 aromatic rings. The van der Waals surface area contributed by atoms with E-state index >= 15 is 22.0 Å². The van der Waals surface area contributed by atoms with E-state index in [9.17, 15) is 13.2 Å². The van der Waals surface area contributed by atoms with Crippen molar-refractivity contribution in [3.8, 4) is 5.75 Å². The molecule has 0 saturated carbocycles. The molecule has 1 atom stereocenters. The summed E-state index contributed by atoms with van der Waals surface area (Å²) in [5, 5.41) is -5.93. The second-order valence-electron chi connectivity index (χ2n) is 15.9. The van der Waals surface area contributed by atoms with Gasteiger partial charge in [-0.05, 0) is 17.6 Å². The van der Waals surface area contributed by atoms with Gasteiger partial charge in [0.25, 0.3) is 8.32 Å². The normalized spacial score (nSPS) is 13.9. The maximum Gasteiger partial charge on any atom is 0.254 e. The third-order valence-electron chi connectivity index (χ3n) is 11.8. The first-order valence-corrected chi connectivity index (χ1v) is 23.9. The second-order valence-corrected chi connectivity index (χ2v) is 26.6. The lowest BCUT2D eigenvalue weighted by Gasteiger charge is -2.43. The zero-order valence-electron chi connectivity index (χ0n) is 32.0. The summed E-state index contributed by atoms with van der Waals surface area (Å²) in [7, 11) is -4.59. The molecule has 0 aliphatic heterocycles. The van der Waals surface area contributed by atoms with Gasteiger partial charge in [-0.2, -0.15) is 4.39 Å². The molecule has 1 nitrogen and oxygen atoms in total. The van der Waals surface area contributed by atoms with Crippen LogP contribution in [0.15, 0.2) is 6.07 Å². The van der Waals surface area contributed by atoms with Crippen LogP contribution in [-0.2, 0) is 0 Å². The van der Waals surface area contributed by atoms with E-state index in [2.05, 4.69) is 48.5 Å². The van der Waals surface area contributed by atoms with E-state index in [4.69, 9.17) is 4.43 Å². The van der Waals surface area contributed by atoms with Gasteiger partial charge in [0.05, 0.1) is 29.6 Å². The van der Waals surface area contributed by atoms with Gasteiger partial charge >= 0.3 is 0 Å². The Morgan fingerprint density at radius 1 is 0.451 bits per heavy atom. The SMILES string of the molecule is CCCCCC[Si](CCCCCCCC[Si](C(C)C)(C(C)C)C(C)C)(Oc1c(F)c(F)c2c(F)c3c(F)cc(F)c(F)c3c(F)c2c1F)C(C)C. The number of hydrogen-bond acceptors (Lipinski definition) is 1. The Morgan fingerprint density at radius 3 is 1.37 bits per heavy atom. The van der Waals surface area contributed by atoms with Crippen LogP contribution in [0.25, 0.3) is 21.5 Å². The Bertz CT molecular complexity index is 1620. The summed E-state index contributed by atoms with van der Waals surface area (Å²) >= 11 is 0. The van der Waals surface area contributed by atoms with Gasteiger partial charge in [-0.15, -0.1) is 0 Å². The van der Waals surface area contributed by atoms with E-state index in [0.29, 0.717) is 18.5 Å². The Hall–Kier alpha value is -2.15. The lowest BCUT2D eigenvalue weighted by molar-refractivity contribution is 0.406. The van der Waals surface area contributed by atoms with Gasteiger partial charge in [0, 0.05) is 6.07 Å². The van der Waals surface area contributed by atoms with Crippen molar-refractivity contribution in [1.29, 1.82) is 0 Å². The number of fused-ring (bicyclic) bond motifs is 2. The Kier molecular flexibility index (Phi) is 15.5. The van der Waals surface area contributed by atoms with Crippen molar-refractivity contribution >= 4 is 37.9 Å². The molecule has 51 heavy (non-hydrogen) atoms. The highest BCUT2D eigenvalue weighted by atomic mass is 28.4. The molecule has 0 spiro atoms. The van der Waals surface area contributed by atoms with Gasteiger partial charge in [0.2, 0.25) is 5.82 Å². The van der Waals surface area contributed by atoms with Crippen LogP contribution in [0, 0.1) is 46.5 Å². The van der Waals surface area contributed by atoms with Gasteiger partial charge in [-0.3, -0.25) is 0 Å². The molecule has 0 aromatic heterocycles. The fourth-order valence-corrected chi connectivity index (χ4v) is 19.5. The van der Waals surface area contributed by atoms with E-state index in [1.807, 2.05) is 13.8 Å². The van der Waals surface area contributed by atoms with Crippen molar-refractivity contribution in [2.45, 2.75) is 167 Å². The molecule has 0 fully saturated rings. The molecule has 11 heteroatoms. The summed E-state index contributed by atoms with van der Waals surface area (Å²) in [6, 6.07) is 2.30. The van der Waals surface area contributed by atoms with Crippen LogP contribution < -0.4 is 4.43 Å². The summed E-state index contributed by atoms with van der Waals surface area (Å²) in [4.78, 5) is 0. The van der Waals surface area contributed by atoms with Crippen LogP contribution in [0.5, 0.6) is 5.75 Å². The standard InChI is InChI=1S/C40H58F8OSi2/c1-10-11-12-17-20-50(24(2)3,21-18-15-13-14-16-19-22-51(25(4)5,26(6)7)27(8)9)49-40-38(47)33-32(37(46)39(40)48)35(44)30-28(41)23-29(42)34(43)31(30)36(33)45/h23-27H,10-22H2,1-9H3. The highest BCUT2D eigenvalue weighted by Crippen LogP contribution is 2.46. The van der Waals surface area contributed by atoms with Crippen LogP contribution in [0.2, 0.25) is 40.3 Å². The lowest BCUT2D eigenvalue weighted by atomic mass is 9.99. The molecule has 288 valence electrons. The molecule has 0 aliphatic rings. The fraction of sp³-hybridized carbons (Fsp3) is 0.650. The Balaban J connectivity index is 1.91. The molecule has 0 N–H and O–H groups in total. The monoisotopic (exact) mass is 762 g/mol. The zero-order valence-corrected chi connectivity index (χ0v) is 34.0. The van der Waals surface area contributed by atoms with Gasteiger partial charge in [0.15, 0.2) is 29.0 Å². The van der Waals surface area contributed by atoms with Gasteiger partial charge in [-0.1, -0.05) is 149 Å². The van der Waals surface area contributed by atoms with E-state index in [1.54, 1.807) is 0 Å². The Morgan fingerprint density at radius 2 is 0.882 bits per heavy atom. The molecule has 0 saturated heterocycles. The average molecular weight is 763 g/mol. The molecule has 0 heterocycles.